The number of carbonyl (C=O) groups excluding carboxylic acids is 2. The second-order valence-electron chi connectivity index (χ2n) is 7.62. The first-order valence-electron chi connectivity index (χ1n) is 9.65. The first-order chi connectivity index (χ1) is 14.3. The number of nitrogens with one attached hydrogen (secondary N) is 3. The zero-order valence-electron chi connectivity index (χ0n) is 16.4. The van der Waals surface area contributed by atoms with Crippen LogP contribution in [0.2, 0.25) is 0 Å². The third-order valence-corrected chi connectivity index (χ3v) is 5.42. The predicted octanol–water partition coefficient (Wildman–Crippen LogP) is 2.41. The van der Waals surface area contributed by atoms with Crippen LogP contribution in [0.3, 0.4) is 0 Å². The molecule has 2 atom stereocenters. The number of halogens is 1. The number of nitrogen functional groups attached to an aromatic ring is 1. The zero-order chi connectivity index (χ0) is 21.4. The first-order valence-corrected chi connectivity index (χ1v) is 9.65. The number of hydrogen-bond donors (Lipinski definition) is 6. The summed E-state index contributed by atoms with van der Waals surface area (Å²) < 4.78 is 0. The molecule has 0 radical (unpaired) electrons. The fraction of sp³-hybridized carbons (Fsp3) is 0.286. The number of benzene rings is 2. The lowest BCUT2D eigenvalue weighted by molar-refractivity contribution is -0.142. The van der Waals surface area contributed by atoms with Gasteiger partial charge >= 0.3 is 12.0 Å². The van der Waals surface area contributed by atoms with Gasteiger partial charge in [-0.1, -0.05) is 12.1 Å². The molecule has 0 bridgehead atoms. The smallest absolute Gasteiger partial charge is 0.319 e. The molecule has 1 fully saturated rings. The highest BCUT2D eigenvalue weighted by molar-refractivity contribution is 6.01. The molecule has 0 aliphatic heterocycles. The minimum atomic E-state index is -1.06. The lowest BCUT2D eigenvalue weighted by atomic mass is 10.00. The number of carboxylic acids is 1. The van der Waals surface area contributed by atoms with Gasteiger partial charge in [0, 0.05) is 23.0 Å². The number of aliphatic carboxylic acids is 1. The maximum absolute atomic E-state index is 12.8. The molecule has 9 nitrogen and oxygen atoms in total. The van der Waals surface area contributed by atoms with E-state index in [4.69, 9.17) is 5.73 Å². The number of carboxylic acid groups (broad SMARTS) is 1. The fourth-order valence-electron chi connectivity index (χ4n) is 3.72. The Balaban J connectivity index is 0.00000272. The third-order valence-electron chi connectivity index (χ3n) is 5.42. The summed E-state index contributed by atoms with van der Waals surface area (Å²) in [7, 11) is 0. The average Bonchev–Trinajstić information content (AvgIpc) is 3.41. The Hall–Kier alpha value is -3.46. The fourth-order valence-corrected chi connectivity index (χ4v) is 3.72. The summed E-state index contributed by atoms with van der Waals surface area (Å²) in [5.41, 5.74) is 7.87. The summed E-state index contributed by atoms with van der Waals surface area (Å²) in [5, 5.41) is 27.8. The van der Waals surface area contributed by atoms with Crippen molar-refractivity contribution in [2.24, 2.45) is 5.92 Å². The molecule has 2 aromatic rings. The van der Waals surface area contributed by atoms with E-state index < -0.39 is 23.8 Å². The Morgan fingerprint density at radius 3 is 2.45 bits per heavy atom. The number of anilines is 2. The Morgan fingerprint density at radius 1 is 1.06 bits per heavy atom. The van der Waals surface area contributed by atoms with Gasteiger partial charge in [0.05, 0.1) is 17.5 Å². The van der Waals surface area contributed by atoms with Gasteiger partial charge in [0.25, 0.3) is 5.91 Å². The largest absolute Gasteiger partial charge is 0.508 e. The number of fused-ring (bicyclic) bond motifs is 1. The quantitative estimate of drug-likeness (QED) is 0.387. The van der Waals surface area contributed by atoms with E-state index in [-0.39, 0.29) is 47.9 Å². The van der Waals surface area contributed by atoms with Crippen molar-refractivity contribution in [3.05, 3.63) is 53.1 Å². The monoisotopic (exact) mass is 446 g/mol. The summed E-state index contributed by atoms with van der Waals surface area (Å²) in [6, 6.07) is 8.39. The molecular formula is C21H23ClN4O5. The number of urea groups is 1. The van der Waals surface area contributed by atoms with E-state index >= 15 is 0 Å². The number of nitrogens with two attached hydrogens (primary N) is 1. The number of rotatable bonds is 5. The maximum atomic E-state index is 12.8. The lowest BCUT2D eigenvalue weighted by Crippen LogP contribution is -2.35. The highest BCUT2D eigenvalue weighted by Crippen LogP contribution is 2.40. The molecular weight excluding hydrogens is 424 g/mol. The molecule has 0 spiro atoms. The summed E-state index contributed by atoms with van der Waals surface area (Å²) >= 11 is 0. The second kappa shape index (κ2) is 8.73. The van der Waals surface area contributed by atoms with Gasteiger partial charge in [0.2, 0.25) is 0 Å². The molecule has 7 N–H and O–H groups in total. The predicted molar refractivity (Wildman–Crippen MR) is 116 cm³/mol. The molecule has 4 rings (SSSR count). The maximum Gasteiger partial charge on any atom is 0.319 e. The van der Waals surface area contributed by atoms with Gasteiger partial charge in [0.15, 0.2) is 0 Å². The van der Waals surface area contributed by atoms with Crippen LogP contribution >= 0.6 is 12.4 Å². The van der Waals surface area contributed by atoms with Gasteiger partial charge in [-0.25, -0.2) is 4.79 Å². The van der Waals surface area contributed by atoms with Gasteiger partial charge in [-0.2, -0.15) is 0 Å². The van der Waals surface area contributed by atoms with Crippen molar-refractivity contribution in [1.82, 2.24) is 10.6 Å². The third kappa shape index (κ3) is 4.66. The van der Waals surface area contributed by atoms with Gasteiger partial charge in [-0.3, -0.25) is 9.59 Å². The first kappa shape index (κ1) is 22.2. The minimum absolute atomic E-state index is 0. The van der Waals surface area contributed by atoms with Crippen LogP contribution in [0.1, 0.15) is 40.4 Å². The van der Waals surface area contributed by atoms with Crippen LogP contribution in [-0.2, 0) is 11.2 Å². The Kier molecular flexibility index (Phi) is 6.26. The van der Waals surface area contributed by atoms with Crippen LogP contribution in [0, 0.1) is 5.92 Å². The van der Waals surface area contributed by atoms with E-state index in [1.807, 2.05) is 0 Å². The molecule has 31 heavy (non-hydrogen) atoms. The van der Waals surface area contributed by atoms with E-state index in [0.717, 1.165) is 12.8 Å². The normalized spacial score (nSPS) is 19.0. The van der Waals surface area contributed by atoms with Crippen molar-refractivity contribution in [2.75, 3.05) is 11.1 Å². The van der Waals surface area contributed by atoms with Crippen molar-refractivity contribution < 1.29 is 24.6 Å². The number of aromatic hydroxyl groups is 1. The van der Waals surface area contributed by atoms with Crippen molar-refractivity contribution in [3.8, 4) is 5.75 Å². The average molecular weight is 447 g/mol. The van der Waals surface area contributed by atoms with Crippen molar-refractivity contribution in [1.29, 1.82) is 0 Å². The summed E-state index contributed by atoms with van der Waals surface area (Å²) in [6.07, 6.45) is 2.05. The van der Waals surface area contributed by atoms with Gasteiger partial charge in [-0.15, -0.1) is 12.4 Å². The van der Waals surface area contributed by atoms with E-state index in [0.29, 0.717) is 16.8 Å². The lowest BCUT2D eigenvalue weighted by Gasteiger charge is -2.20. The highest BCUT2D eigenvalue weighted by atomic mass is 35.5. The van der Waals surface area contributed by atoms with Gasteiger partial charge in [-0.05, 0) is 49.1 Å². The number of amides is 3. The standard InChI is InChI=1S/C21H22N4O5.ClH/c22-16-8-11(24-21(30)23-10-4-5-10)6-7-13(16)19(27)25-18-12-2-1-3-17(26)14(12)9-15(18)20(28)29;/h1-3,6-8,10,15,18,26H,4-5,9,22H2,(H,25,27)(H,28,29)(H2,23,24,30);1H. The molecule has 2 aliphatic rings. The van der Waals surface area contributed by atoms with Crippen LogP contribution < -0.4 is 21.7 Å². The molecule has 1 saturated carbocycles. The molecule has 10 heteroatoms. The van der Waals surface area contributed by atoms with Crippen LogP contribution in [-0.4, -0.2) is 34.2 Å². The topological polar surface area (TPSA) is 154 Å². The van der Waals surface area contributed by atoms with Crippen LogP contribution in [0.15, 0.2) is 36.4 Å². The van der Waals surface area contributed by atoms with E-state index in [1.54, 1.807) is 18.2 Å². The minimum Gasteiger partial charge on any atom is -0.508 e. The summed E-state index contributed by atoms with van der Waals surface area (Å²) in [4.78, 5) is 36.4. The van der Waals surface area contributed by atoms with Crippen molar-refractivity contribution >= 4 is 41.7 Å². The number of phenolic OH excluding ortho intramolecular Hbond substituents is 1. The van der Waals surface area contributed by atoms with Crippen LogP contribution in [0.5, 0.6) is 5.75 Å². The van der Waals surface area contributed by atoms with Crippen LogP contribution in [0.25, 0.3) is 0 Å². The van der Waals surface area contributed by atoms with Gasteiger partial charge < -0.3 is 31.9 Å². The van der Waals surface area contributed by atoms with Crippen molar-refractivity contribution in [3.63, 3.8) is 0 Å². The number of carbonyl (C=O) groups is 3. The van der Waals surface area contributed by atoms with Crippen LogP contribution in [0.4, 0.5) is 16.2 Å². The molecule has 3 amide bonds. The molecule has 0 saturated heterocycles. The Bertz CT molecular complexity index is 1040. The number of hydrogen-bond acceptors (Lipinski definition) is 5. The SMILES string of the molecule is Cl.Nc1cc(NC(=O)NC2CC2)ccc1C(=O)NC1c2cccc(O)c2CC1C(=O)O. The molecule has 164 valence electrons. The van der Waals surface area contributed by atoms with E-state index in [2.05, 4.69) is 16.0 Å². The zero-order valence-corrected chi connectivity index (χ0v) is 17.2. The summed E-state index contributed by atoms with van der Waals surface area (Å²) in [6.45, 7) is 0. The Morgan fingerprint density at radius 2 is 1.81 bits per heavy atom. The second-order valence-corrected chi connectivity index (χ2v) is 7.62. The molecule has 2 aromatic carbocycles. The summed E-state index contributed by atoms with van der Waals surface area (Å²) in [5.74, 6) is -2.49. The van der Waals surface area contributed by atoms with Gasteiger partial charge in [0.1, 0.15) is 5.75 Å². The highest BCUT2D eigenvalue weighted by Gasteiger charge is 2.39. The van der Waals surface area contributed by atoms with E-state index in [1.165, 1.54) is 18.2 Å². The Labute approximate surface area is 184 Å². The van der Waals surface area contributed by atoms with E-state index in [9.17, 15) is 24.6 Å². The molecule has 0 aromatic heterocycles. The molecule has 2 unspecified atom stereocenters. The van der Waals surface area contributed by atoms with Crippen molar-refractivity contribution in [2.45, 2.75) is 31.3 Å². The molecule has 2 aliphatic carbocycles. The molecule has 0 heterocycles. The number of phenols is 1.